The van der Waals surface area contributed by atoms with Gasteiger partial charge in [-0.3, -0.25) is 4.90 Å². The van der Waals surface area contributed by atoms with Crippen LogP contribution in [0.4, 0.5) is 4.39 Å². The Bertz CT molecular complexity index is 119. The highest BCUT2D eigenvalue weighted by Crippen LogP contribution is 2.09. The molecule has 0 aromatic heterocycles. The monoisotopic (exact) mass is 174 g/mol. The van der Waals surface area contributed by atoms with Gasteiger partial charge in [-0.05, 0) is 20.0 Å². The molecular weight excluding hydrogens is 155 g/mol. The second-order valence-electron chi connectivity index (χ2n) is 3.66. The molecule has 0 saturated carbocycles. The van der Waals surface area contributed by atoms with Crippen LogP contribution in [0.1, 0.15) is 13.3 Å². The van der Waals surface area contributed by atoms with Gasteiger partial charge in [-0.25, -0.2) is 4.39 Å². The maximum absolute atomic E-state index is 12.4. The number of likely N-dealkylation sites (N-methyl/N-ethyl adjacent to an activating group) is 1. The number of rotatable bonds is 5. The molecule has 0 unspecified atom stereocenters. The number of nitrogens with zero attached hydrogens (tertiary/aromatic N) is 2. The molecule has 12 heavy (non-hydrogen) atoms. The topological polar surface area (TPSA) is 6.48 Å². The van der Waals surface area contributed by atoms with Crippen molar-refractivity contribution in [3.63, 3.8) is 0 Å². The van der Waals surface area contributed by atoms with Crippen LogP contribution in [0.5, 0.6) is 0 Å². The molecule has 1 aliphatic rings. The fraction of sp³-hybridized carbons (Fsp3) is 1.00. The van der Waals surface area contributed by atoms with Crippen molar-refractivity contribution < 1.29 is 4.39 Å². The first-order valence-electron chi connectivity index (χ1n) is 4.77. The third-order valence-electron chi connectivity index (χ3n) is 2.32. The first-order valence-corrected chi connectivity index (χ1v) is 4.77. The standard InChI is InChI=1S/C9H19FN2/c1-3-4-11(2)5-6-12-7-9(10)8-12/h9H,3-8H2,1-2H3. The third-order valence-corrected chi connectivity index (χ3v) is 2.32. The minimum Gasteiger partial charge on any atom is -0.305 e. The Balaban J connectivity index is 1.95. The van der Waals surface area contributed by atoms with Gasteiger partial charge in [-0.1, -0.05) is 6.92 Å². The minimum absolute atomic E-state index is 0.554. The molecule has 2 nitrogen and oxygen atoms in total. The number of alkyl halides is 1. The van der Waals surface area contributed by atoms with E-state index in [9.17, 15) is 4.39 Å². The van der Waals surface area contributed by atoms with Gasteiger partial charge in [0.2, 0.25) is 0 Å². The quantitative estimate of drug-likeness (QED) is 0.613. The highest BCUT2D eigenvalue weighted by atomic mass is 19.1. The Labute approximate surface area is 74.3 Å². The van der Waals surface area contributed by atoms with Crippen molar-refractivity contribution in [1.29, 1.82) is 0 Å². The summed E-state index contributed by atoms with van der Waals surface area (Å²) in [6.07, 6.45) is 0.642. The van der Waals surface area contributed by atoms with Crippen molar-refractivity contribution in [2.45, 2.75) is 19.5 Å². The van der Waals surface area contributed by atoms with Crippen LogP contribution < -0.4 is 0 Å². The molecule has 72 valence electrons. The average Bonchev–Trinajstić information content (AvgIpc) is 1.96. The summed E-state index contributed by atoms with van der Waals surface area (Å²) in [6, 6.07) is 0. The fourth-order valence-electron chi connectivity index (χ4n) is 1.50. The van der Waals surface area contributed by atoms with Crippen LogP contribution in [0.2, 0.25) is 0 Å². The summed E-state index contributed by atoms with van der Waals surface area (Å²) in [5.41, 5.74) is 0. The van der Waals surface area contributed by atoms with Gasteiger partial charge in [0.15, 0.2) is 0 Å². The molecule has 0 spiro atoms. The summed E-state index contributed by atoms with van der Waals surface area (Å²) in [6.45, 7) is 6.72. The molecule has 1 aliphatic heterocycles. The molecule has 0 atom stereocenters. The lowest BCUT2D eigenvalue weighted by molar-refractivity contribution is 0.0584. The van der Waals surface area contributed by atoms with Crippen LogP contribution in [0.25, 0.3) is 0 Å². The zero-order chi connectivity index (χ0) is 8.97. The van der Waals surface area contributed by atoms with E-state index in [0.29, 0.717) is 13.1 Å². The molecule has 1 heterocycles. The first-order chi connectivity index (χ1) is 5.72. The van der Waals surface area contributed by atoms with Gasteiger partial charge in [-0.15, -0.1) is 0 Å². The van der Waals surface area contributed by atoms with E-state index < -0.39 is 6.17 Å². The molecule has 1 rings (SSSR count). The van der Waals surface area contributed by atoms with E-state index in [1.807, 2.05) is 0 Å². The molecule has 0 aromatic carbocycles. The number of hydrogen-bond acceptors (Lipinski definition) is 2. The Hall–Kier alpha value is -0.150. The average molecular weight is 174 g/mol. The van der Waals surface area contributed by atoms with Crippen LogP contribution in [-0.4, -0.2) is 55.7 Å². The van der Waals surface area contributed by atoms with E-state index in [2.05, 4.69) is 23.8 Å². The van der Waals surface area contributed by atoms with Crippen LogP contribution in [-0.2, 0) is 0 Å². The Morgan fingerprint density at radius 2 is 2.08 bits per heavy atom. The van der Waals surface area contributed by atoms with Crippen LogP contribution in [0.15, 0.2) is 0 Å². The van der Waals surface area contributed by atoms with Gasteiger partial charge in [0.05, 0.1) is 0 Å². The molecule has 0 aliphatic carbocycles. The fourth-order valence-corrected chi connectivity index (χ4v) is 1.50. The molecule has 0 radical (unpaired) electrons. The lowest BCUT2D eigenvalue weighted by Crippen LogP contribution is -2.50. The summed E-state index contributed by atoms with van der Waals surface area (Å²) >= 11 is 0. The SMILES string of the molecule is CCCN(C)CCN1CC(F)C1. The van der Waals surface area contributed by atoms with E-state index in [1.54, 1.807) is 0 Å². The maximum atomic E-state index is 12.4. The highest BCUT2D eigenvalue weighted by molar-refractivity contribution is 4.79. The molecule has 0 N–H and O–H groups in total. The van der Waals surface area contributed by atoms with Crippen molar-refractivity contribution in [2.24, 2.45) is 0 Å². The molecule has 0 aromatic rings. The Morgan fingerprint density at radius 3 is 2.58 bits per heavy atom. The summed E-state index contributed by atoms with van der Waals surface area (Å²) in [7, 11) is 2.12. The van der Waals surface area contributed by atoms with Crippen molar-refractivity contribution in [2.75, 3.05) is 39.8 Å². The smallest absolute Gasteiger partial charge is 0.125 e. The summed E-state index contributed by atoms with van der Waals surface area (Å²) in [5.74, 6) is 0. The van der Waals surface area contributed by atoms with Crippen molar-refractivity contribution in [1.82, 2.24) is 9.80 Å². The van der Waals surface area contributed by atoms with E-state index >= 15 is 0 Å². The van der Waals surface area contributed by atoms with Crippen LogP contribution >= 0.6 is 0 Å². The van der Waals surface area contributed by atoms with Gasteiger partial charge in [0.1, 0.15) is 6.17 Å². The van der Waals surface area contributed by atoms with Gasteiger partial charge < -0.3 is 4.90 Å². The predicted octanol–water partition coefficient (Wildman–Crippen LogP) is 0.982. The zero-order valence-corrected chi connectivity index (χ0v) is 8.09. The number of hydrogen-bond donors (Lipinski definition) is 0. The van der Waals surface area contributed by atoms with Gasteiger partial charge in [-0.2, -0.15) is 0 Å². The third kappa shape index (κ3) is 3.07. The summed E-state index contributed by atoms with van der Waals surface area (Å²) in [5, 5.41) is 0. The van der Waals surface area contributed by atoms with E-state index in [0.717, 1.165) is 19.6 Å². The summed E-state index contributed by atoms with van der Waals surface area (Å²) < 4.78 is 12.4. The lowest BCUT2D eigenvalue weighted by Gasteiger charge is -2.35. The van der Waals surface area contributed by atoms with E-state index in [-0.39, 0.29) is 0 Å². The number of halogens is 1. The normalized spacial score (nSPS) is 20.0. The second kappa shape index (κ2) is 4.77. The predicted molar refractivity (Wildman–Crippen MR) is 49.1 cm³/mol. The highest BCUT2D eigenvalue weighted by Gasteiger charge is 2.25. The molecule has 0 bridgehead atoms. The van der Waals surface area contributed by atoms with Crippen molar-refractivity contribution >= 4 is 0 Å². The van der Waals surface area contributed by atoms with Crippen LogP contribution in [0, 0.1) is 0 Å². The number of likely N-dealkylation sites (tertiary alicyclic amines) is 1. The van der Waals surface area contributed by atoms with E-state index in [4.69, 9.17) is 0 Å². The zero-order valence-electron chi connectivity index (χ0n) is 8.09. The molecule has 3 heteroatoms. The molecular formula is C9H19FN2. The molecule has 1 saturated heterocycles. The molecule has 1 fully saturated rings. The van der Waals surface area contributed by atoms with Crippen molar-refractivity contribution in [3.8, 4) is 0 Å². The van der Waals surface area contributed by atoms with Crippen molar-refractivity contribution in [3.05, 3.63) is 0 Å². The largest absolute Gasteiger partial charge is 0.305 e. The van der Waals surface area contributed by atoms with Gasteiger partial charge in [0.25, 0.3) is 0 Å². The Kier molecular flexibility index (Phi) is 3.95. The first kappa shape index (κ1) is 9.93. The minimum atomic E-state index is -0.554. The van der Waals surface area contributed by atoms with E-state index in [1.165, 1.54) is 6.42 Å². The lowest BCUT2D eigenvalue weighted by atomic mass is 10.2. The summed E-state index contributed by atoms with van der Waals surface area (Å²) in [4.78, 5) is 4.46. The van der Waals surface area contributed by atoms with Gasteiger partial charge >= 0.3 is 0 Å². The second-order valence-corrected chi connectivity index (χ2v) is 3.66. The maximum Gasteiger partial charge on any atom is 0.125 e. The Morgan fingerprint density at radius 1 is 1.42 bits per heavy atom. The van der Waals surface area contributed by atoms with Crippen LogP contribution in [0.3, 0.4) is 0 Å². The van der Waals surface area contributed by atoms with Gasteiger partial charge in [0, 0.05) is 26.2 Å². The molecule has 0 amide bonds.